The molecule has 1 aromatic carbocycles. The van der Waals surface area contributed by atoms with Gasteiger partial charge < -0.3 is 30.0 Å². The van der Waals surface area contributed by atoms with Crippen LogP contribution in [-0.4, -0.2) is 80.7 Å². The first-order valence-corrected chi connectivity index (χ1v) is 11.9. The molecule has 1 aliphatic heterocycles. The molecule has 2 fully saturated rings. The van der Waals surface area contributed by atoms with Crippen LogP contribution in [0.1, 0.15) is 45.1 Å². The van der Waals surface area contributed by atoms with Crippen molar-refractivity contribution in [2.75, 3.05) is 53.0 Å². The number of halogens is 1. The van der Waals surface area contributed by atoms with Gasteiger partial charge in [0.1, 0.15) is 0 Å². The molecule has 3 N–H and O–H groups in total. The number of para-hydroxylation sites is 1. The summed E-state index contributed by atoms with van der Waals surface area (Å²) in [7, 11) is 1.67. The van der Waals surface area contributed by atoms with E-state index < -0.39 is 5.60 Å². The number of hydrogen-bond donors (Lipinski definition) is 3. The smallest absolute Gasteiger partial charge is 0.191 e. The maximum absolute atomic E-state index is 10.9. The number of hydrogen-bond acceptors (Lipinski definition) is 6. The topological polar surface area (TPSA) is 87.6 Å². The molecule has 1 aliphatic carbocycles. The quantitative estimate of drug-likeness (QED) is 0.224. The van der Waals surface area contributed by atoms with Gasteiger partial charge in [-0.15, -0.1) is 24.0 Å². The van der Waals surface area contributed by atoms with Crippen LogP contribution in [0.5, 0.6) is 11.5 Å². The van der Waals surface area contributed by atoms with Gasteiger partial charge in [-0.3, -0.25) is 4.90 Å². The molecule has 33 heavy (non-hydrogen) atoms. The molecule has 1 aromatic rings. The zero-order valence-electron chi connectivity index (χ0n) is 20.3. The summed E-state index contributed by atoms with van der Waals surface area (Å²) in [6.45, 7) is 9.23. The van der Waals surface area contributed by atoms with Crippen molar-refractivity contribution in [2.24, 2.45) is 4.99 Å². The molecule has 0 radical (unpaired) electrons. The van der Waals surface area contributed by atoms with Gasteiger partial charge >= 0.3 is 0 Å². The molecule has 1 heterocycles. The molecule has 0 spiro atoms. The summed E-state index contributed by atoms with van der Waals surface area (Å²) in [4.78, 5) is 6.99. The lowest BCUT2D eigenvalue weighted by Gasteiger charge is -2.34. The largest absolute Gasteiger partial charge is 0.493 e. The Kier molecular flexibility index (Phi) is 12.0. The van der Waals surface area contributed by atoms with E-state index in [4.69, 9.17) is 19.2 Å². The first-order chi connectivity index (χ1) is 15.5. The van der Waals surface area contributed by atoms with Crippen LogP contribution in [0.2, 0.25) is 0 Å². The van der Waals surface area contributed by atoms with E-state index in [-0.39, 0.29) is 30.1 Å². The lowest BCUT2D eigenvalue weighted by Crippen LogP contribution is -2.52. The number of aliphatic imine (C=N–C) groups is 1. The first kappa shape index (κ1) is 27.9. The molecule has 1 saturated carbocycles. The molecule has 0 aromatic heterocycles. The third-order valence-electron chi connectivity index (χ3n) is 5.92. The highest BCUT2D eigenvalue weighted by molar-refractivity contribution is 14.0. The third-order valence-corrected chi connectivity index (χ3v) is 5.92. The van der Waals surface area contributed by atoms with E-state index >= 15 is 0 Å². The summed E-state index contributed by atoms with van der Waals surface area (Å²) in [5.74, 6) is 2.21. The number of guanidine groups is 1. The van der Waals surface area contributed by atoms with E-state index in [9.17, 15) is 5.11 Å². The Hall–Kier alpha value is -1.30. The van der Waals surface area contributed by atoms with Crippen LogP contribution in [0, 0.1) is 0 Å². The van der Waals surface area contributed by atoms with Crippen molar-refractivity contribution in [1.29, 1.82) is 0 Å². The minimum absolute atomic E-state index is 0. The van der Waals surface area contributed by atoms with E-state index in [1.165, 1.54) is 12.8 Å². The van der Waals surface area contributed by atoms with E-state index in [1.54, 1.807) is 7.11 Å². The van der Waals surface area contributed by atoms with Gasteiger partial charge in [-0.25, -0.2) is 4.99 Å². The van der Waals surface area contributed by atoms with Crippen molar-refractivity contribution in [1.82, 2.24) is 15.5 Å². The minimum Gasteiger partial charge on any atom is -0.493 e. The van der Waals surface area contributed by atoms with Crippen molar-refractivity contribution < 1.29 is 19.3 Å². The number of nitrogens with zero attached hydrogens (tertiary/aromatic N) is 2. The molecule has 2 aliphatic rings. The standard InChI is InChI=1S/C24H40N4O4.HI/c1-4-25-23(27-17-24(2,29)18-28-12-14-31-15-13-28)26-16-19-8-7-11-21(30-3)22(19)32-20-9-5-6-10-20;/h7-8,11,20,29H,4-6,9-10,12-18H2,1-3H3,(H2,25,26,27);1H. The number of benzene rings is 1. The van der Waals surface area contributed by atoms with Crippen LogP contribution in [0.3, 0.4) is 0 Å². The van der Waals surface area contributed by atoms with E-state index in [2.05, 4.69) is 15.5 Å². The second-order valence-electron chi connectivity index (χ2n) is 8.91. The normalized spacial score (nSPS) is 19.5. The van der Waals surface area contributed by atoms with Gasteiger partial charge in [0.05, 0.1) is 38.6 Å². The summed E-state index contributed by atoms with van der Waals surface area (Å²) < 4.78 is 17.3. The predicted octanol–water partition coefficient (Wildman–Crippen LogP) is 2.77. The van der Waals surface area contributed by atoms with Crippen LogP contribution < -0.4 is 20.1 Å². The highest BCUT2D eigenvalue weighted by atomic mass is 127. The molecule has 3 rings (SSSR count). The fraction of sp³-hybridized carbons (Fsp3) is 0.708. The zero-order valence-corrected chi connectivity index (χ0v) is 22.6. The predicted molar refractivity (Wildman–Crippen MR) is 142 cm³/mol. The molecule has 0 bridgehead atoms. The Morgan fingerprint density at radius 3 is 2.64 bits per heavy atom. The van der Waals surface area contributed by atoms with Crippen molar-refractivity contribution >= 4 is 29.9 Å². The zero-order chi connectivity index (χ0) is 22.8. The average molecular weight is 577 g/mol. The number of ether oxygens (including phenoxy) is 3. The fourth-order valence-corrected chi connectivity index (χ4v) is 4.23. The van der Waals surface area contributed by atoms with Crippen LogP contribution in [0.25, 0.3) is 0 Å². The van der Waals surface area contributed by atoms with Gasteiger partial charge in [0.2, 0.25) is 0 Å². The Labute approximate surface area is 215 Å². The SMILES string of the molecule is CCNC(=NCc1cccc(OC)c1OC1CCCC1)NCC(C)(O)CN1CCOCC1.I. The molecule has 8 nitrogen and oxygen atoms in total. The Morgan fingerprint density at radius 1 is 1.24 bits per heavy atom. The lowest BCUT2D eigenvalue weighted by molar-refractivity contribution is -0.0201. The maximum atomic E-state index is 10.9. The number of aliphatic hydroxyl groups is 1. The minimum atomic E-state index is -0.875. The van der Waals surface area contributed by atoms with E-state index in [1.807, 2.05) is 32.0 Å². The molecule has 0 amide bonds. The Morgan fingerprint density at radius 2 is 1.97 bits per heavy atom. The van der Waals surface area contributed by atoms with E-state index in [0.717, 1.165) is 62.8 Å². The van der Waals surface area contributed by atoms with Gasteiger partial charge in [-0.1, -0.05) is 12.1 Å². The number of methoxy groups -OCH3 is 1. The summed E-state index contributed by atoms with van der Waals surface area (Å²) in [5, 5.41) is 17.4. The monoisotopic (exact) mass is 576 g/mol. The Balaban J connectivity index is 0.00000385. The second kappa shape index (κ2) is 14.2. The number of β-amino-alcohol motifs (C(OH)–C–C–N with tert-alkyl or cyclic N) is 1. The lowest BCUT2D eigenvalue weighted by atomic mass is 10.1. The molecular formula is C24H41IN4O4. The summed E-state index contributed by atoms with van der Waals surface area (Å²) in [6, 6.07) is 5.94. The van der Waals surface area contributed by atoms with Gasteiger partial charge in [-0.05, 0) is 45.6 Å². The highest BCUT2D eigenvalue weighted by Crippen LogP contribution is 2.35. The maximum Gasteiger partial charge on any atom is 0.191 e. The van der Waals surface area contributed by atoms with Gasteiger partial charge in [-0.2, -0.15) is 0 Å². The average Bonchev–Trinajstić information content (AvgIpc) is 3.30. The summed E-state index contributed by atoms with van der Waals surface area (Å²) in [5.41, 5.74) is 0.119. The van der Waals surface area contributed by atoms with Crippen LogP contribution in [-0.2, 0) is 11.3 Å². The summed E-state index contributed by atoms with van der Waals surface area (Å²) >= 11 is 0. The molecule has 1 saturated heterocycles. The van der Waals surface area contributed by atoms with Gasteiger partial charge in [0, 0.05) is 38.3 Å². The van der Waals surface area contributed by atoms with Crippen LogP contribution in [0.4, 0.5) is 0 Å². The van der Waals surface area contributed by atoms with Crippen molar-refractivity contribution in [2.45, 2.75) is 57.8 Å². The second-order valence-corrected chi connectivity index (χ2v) is 8.91. The van der Waals surface area contributed by atoms with Crippen LogP contribution in [0.15, 0.2) is 23.2 Å². The molecule has 188 valence electrons. The third kappa shape index (κ3) is 9.11. The van der Waals surface area contributed by atoms with Crippen LogP contribution >= 0.6 is 24.0 Å². The molecule has 1 unspecified atom stereocenters. The molecule has 1 atom stereocenters. The van der Waals surface area contributed by atoms with Gasteiger partial charge in [0.25, 0.3) is 0 Å². The number of rotatable bonds is 10. The van der Waals surface area contributed by atoms with Crippen molar-refractivity contribution in [3.63, 3.8) is 0 Å². The first-order valence-electron chi connectivity index (χ1n) is 11.9. The van der Waals surface area contributed by atoms with Gasteiger partial charge in [0.15, 0.2) is 17.5 Å². The van der Waals surface area contributed by atoms with E-state index in [0.29, 0.717) is 25.6 Å². The Bertz CT molecular complexity index is 735. The fourth-order valence-electron chi connectivity index (χ4n) is 4.23. The molecule has 9 heteroatoms. The molecular weight excluding hydrogens is 535 g/mol. The van der Waals surface area contributed by atoms with Crippen molar-refractivity contribution in [3.8, 4) is 11.5 Å². The summed E-state index contributed by atoms with van der Waals surface area (Å²) in [6.07, 6.45) is 4.85. The number of morpholine rings is 1. The number of nitrogens with one attached hydrogen (secondary N) is 2. The highest BCUT2D eigenvalue weighted by Gasteiger charge is 2.26. The van der Waals surface area contributed by atoms with Crippen molar-refractivity contribution in [3.05, 3.63) is 23.8 Å².